The summed E-state index contributed by atoms with van der Waals surface area (Å²) in [6.45, 7) is 4.95. The molecule has 0 radical (unpaired) electrons. The summed E-state index contributed by atoms with van der Waals surface area (Å²) in [5.41, 5.74) is 0.448. The molecule has 2 fully saturated rings. The summed E-state index contributed by atoms with van der Waals surface area (Å²) in [6.07, 6.45) is 2.47. The number of aryl methyl sites for hydroxylation is 1. The van der Waals surface area contributed by atoms with Crippen LogP contribution in [-0.4, -0.2) is 76.3 Å². The van der Waals surface area contributed by atoms with Crippen molar-refractivity contribution in [3.8, 4) is 17.8 Å². The predicted molar refractivity (Wildman–Crippen MR) is 151 cm³/mol. The number of nitrogens with zero attached hydrogens (tertiary/aromatic N) is 7. The summed E-state index contributed by atoms with van der Waals surface area (Å²) in [4.78, 5) is 32.5. The van der Waals surface area contributed by atoms with Crippen LogP contribution in [0.1, 0.15) is 25.1 Å². The van der Waals surface area contributed by atoms with Gasteiger partial charge in [0, 0.05) is 37.1 Å². The number of hydrogen-bond acceptors (Lipinski definition) is 9. The van der Waals surface area contributed by atoms with Crippen LogP contribution in [0.25, 0.3) is 27.5 Å². The van der Waals surface area contributed by atoms with Crippen molar-refractivity contribution in [1.29, 1.82) is 5.26 Å². The van der Waals surface area contributed by atoms with Crippen LogP contribution in [0.15, 0.2) is 41.2 Å². The number of aromatic nitrogens is 4. The Morgan fingerprint density at radius 1 is 1.15 bits per heavy atom. The fourth-order valence-corrected chi connectivity index (χ4v) is 5.80. The van der Waals surface area contributed by atoms with Crippen molar-refractivity contribution >= 4 is 27.6 Å². The number of halogens is 1. The predicted octanol–water partition coefficient (Wildman–Crippen LogP) is 2.94. The van der Waals surface area contributed by atoms with E-state index in [0.717, 1.165) is 19.4 Å². The van der Waals surface area contributed by atoms with Gasteiger partial charge in [0.1, 0.15) is 23.8 Å². The van der Waals surface area contributed by atoms with Gasteiger partial charge >= 0.3 is 6.01 Å². The summed E-state index contributed by atoms with van der Waals surface area (Å²) in [5, 5.41) is 13.6. The smallest absolute Gasteiger partial charge is 0.319 e. The first kappa shape index (κ1) is 26.1. The van der Waals surface area contributed by atoms with Crippen LogP contribution < -0.4 is 20.5 Å². The largest absolute Gasteiger partial charge is 0.462 e. The molecule has 206 valence electrons. The van der Waals surface area contributed by atoms with Crippen LogP contribution >= 0.6 is 0 Å². The van der Waals surface area contributed by atoms with E-state index < -0.39 is 11.4 Å². The standard InChI is InChI=1S/C29H31FN8O2/c1-18-33-25-26(28(39)38(18)23-10-4-7-19-6-3-9-22(30)24(19)23)34-29(40-17-21-8-5-14-36(21)2)35-27(25)37-15-13-32-20(16-37)11-12-31/h3-4,6-7,9-10,20-21,32H,5,8,11,13-17H2,1-2H3/t20-,21-/m0/s1. The quantitative estimate of drug-likeness (QED) is 0.393. The van der Waals surface area contributed by atoms with E-state index in [1.165, 1.54) is 10.6 Å². The molecule has 1 N–H and O–H groups in total. The Kier molecular flexibility index (Phi) is 7.04. The molecule has 0 amide bonds. The molecule has 0 aliphatic carbocycles. The molecule has 4 aromatic rings. The molecule has 10 nitrogen and oxygen atoms in total. The number of likely N-dealkylation sites (N-methyl/N-ethyl adjacent to an activating group) is 1. The molecule has 0 unspecified atom stereocenters. The third-order valence-electron chi connectivity index (χ3n) is 7.89. The Morgan fingerprint density at radius 3 is 2.75 bits per heavy atom. The second-order valence-corrected chi connectivity index (χ2v) is 10.5. The van der Waals surface area contributed by atoms with Crippen LogP contribution in [0.2, 0.25) is 0 Å². The molecule has 0 saturated carbocycles. The third-order valence-corrected chi connectivity index (χ3v) is 7.89. The highest BCUT2D eigenvalue weighted by molar-refractivity contribution is 5.92. The number of rotatable bonds is 6. The highest BCUT2D eigenvalue weighted by atomic mass is 19.1. The lowest BCUT2D eigenvalue weighted by atomic mass is 10.1. The monoisotopic (exact) mass is 542 g/mol. The molecule has 2 aliphatic rings. The maximum atomic E-state index is 15.0. The maximum Gasteiger partial charge on any atom is 0.319 e. The number of ether oxygens (including phenoxy) is 1. The lowest BCUT2D eigenvalue weighted by Crippen LogP contribution is -2.51. The number of benzene rings is 2. The minimum Gasteiger partial charge on any atom is -0.462 e. The second kappa shape index (κ2) is 10.8. The van der Waals surface area contributed by atoms with Gasteiger partial charge in [-0.05, 0) is 50.9 Å². The first-order chi connectivity index (χ1) is 19.4. The first-order valence-corrected chi connectivity index (χ1v) is 13.6. The molecule has 0 bridgehead atoms. The van der Waals surface area contributed by atoms with Crippen molar-refractivity contribution in [2.24, 2.45) is 0 Å². The molecule has 2 saturated heterocycles. The molecular formula is C29H31FN8O2. The third kappa shape index (κ3) is 4.74. The van der Waals surface area contributed by atoms with Crippen LogP contribution in [-0.2, 0) is 0 Å². The van der Waals surface area contributed by atoms with E-state index in [9.17, 15) is 10.1 Å². The molecule has 40 heavy (non-hydrogen) atoms. The zero-order chi connectivity index (χ0) is 27.8. The van der Waals surface area contributed by atoms with E-state index in [4.69, 9.17) is 14.7 Å². The average molecular weight is 543 g/mol. The SMILES string of the molecule is Cc1nc2c(N3CCN[C@@H](CC#N)C3)nc(OC[C@@H]3CCCN3C)nc2c(=O)n1-c1cccc2cccc(F)c12. The van der Waals surface area contributed by atoms with Gasteiger partial charge in [0.2, 0.25) is 0 Å². The normalized spacial score (nSPS) is 19.8. The molecule has 11 heteroatoms. The summed E-state index contributed by atoms with van der Waals surface area (Å²) < 4.78 is 22.6. The topological polar surface area (TPSA) is 112 Å². The lowest BCUT2D eigenvalue weighted by Gasteiger charge is -2.34. The van der Waals surface area contributed by atoms with Gasteiger partial charge < -0.3 is 19.9 Å². The zero-order valence-corrected chi connectivity index (χ0v) is 22.6. The van der Waals surface area contributed by atoms with Crippen molar-refractivity contribution in [3.63, 3.8) is 0 Å². The Labute approximate surface area is 231 Å². The Bertz CT molecular complexity index is 1680. The summed E-state index contributed by atoms with van der Waals surface area (Å²) in [7, 11) is 2.07. The summed E-state index contributed by atoms with van der Waals surface area (Å²) in [6, 6.07) is 12.7. The number of piperazine rings is 1. The Hall–Kier alpha value is -4.14. The molecule has 4 heterocycles. The molecule has 2 aromatic heterocycles. The van der Waals surface area contributed by atoms with E-state index in [-0.39, 0.29) is 23.6 Å². The van der Waals surface area contributed by atoms with E-state index in [1.54, 1.807) is 25.1 Å². The Balaban J connectivity index is 1.51. The van der Waals surface area contributed by atoms with Crippen molar-refractivity contribution in [2.75, 3.05) is 44.7 Å². The van der Waals surface area contributed by atoms with Gasteiger partial charge in [-0.2, -0.15) is 15.2 Å². The second-order valence-electron chi connectivity index (χ2n) is 10.5. The zero-order valence-electron chi connectivity index (χ0n) is 22.6. The Morgan fingerprint density at radius 2 is 1.98 bits per heavy atom. The summed E-state index contributed by atoms with van der Waals surface area (Å²) in [5.74, 6) is 0.473. The molecule has 2 aromatic carbocycles. The maximum absolute atomic E-state index is 15.0. The van der Waals surface area contributed by atoms with E-state index >= 15 is 4.39 Å². The van der Waals surface area contributed by atoms with E-state index in [2.05, 4.69) is 28.3 Å². The van der Waals surface area contributed by atoms with Crippen LogP contribution in [0.4, 0.5) is 10.2 Å². The fraction of sp³-hybridized carbons (Fsp3) is 0.414. The molecular weight excluding hydrogens is 511 g/mol. The fourth-order valence-electron chi connectivity index (χ4n) is 5.80. The van der Waals surface area contributed by atoms with Crippen LogP contribution in [0, 0.1) is 24.1 Å². The van der Waals surface area contributed by atoms with Gasteiger partial charge in [0.15, 0.2) is 11.3 Å². The van der Waals surface area contributed by atoms with E-state index in [1.807, 2.05) is 17.0 Å². The number of likely N-dealkylation sites (tertiary alicyclic amines) is 1. The minimum absolute atomic E-state index is 0.0413. The molecule has 0 spiro atoms. The molecule has 6 rings (SSSR count). The minimum atomic E-state index is -0.423. The average Bonchev–Trinajstić information content (AvgIpc) is 3.37. The van der Waals surface area contributed by atoms with Crippen molar-refractivity contribution in [2.45, 2.75) is 38.3 Å². The molecule has 2 aliphatic heterocycles. The summed E-state index contributed by atoms with van der Waals surface area (Å²) >= 11 is 0. The lowest BCUT2D eigenvalue weighted by molar-refractivity contribution is 0.188. The number of nitriles is 1. The highest BCUT2D eigenvalue weighted by Gasteiger charge is 2.27. The van der Waals surface area contributed by atoms with Crippen molar-refractivity contribution in [1.82, 2.24) is 29.7 Å². The highest BCUT2D eigenvalue weighted by Crippen LogP contribution is 2.29. The number of hydrogen-bond donors (Lipinski definition) is 1. The van der Waals surface area contributed by atoms with Gasteiger partial charge in [0.05, 0.1) is 18.2 Å². The van der Waals surface area contributed by atoms with Gasteiger partial charge in [-0.15, -0.1) is 0 Å². The number of fused-ring (bicyclic) bond motifs is 2. The first-order valence-electron chi connectivity index (χ1n) is 13.6. The van der Waals surface area contributed by atoms with Gasteiger partial charge in [0.25, 0.3) is 5.56 Å². The van der Waals surface area contributed by atoms with Gasteiger partial charge in [-0.25, -0.2) is 9.37 Å². The van der Waals surface area contributed by atoms with Gasteiger partial charge in [-0.3, -0.25) is 9.36 Å². The van der Waals surface area contributed by atoms with E-state index in [0.29, 0.717) is 66.3 Å². The van der Waals surface area contributed by atoms with Crippen molar-refractivity contribution in [3.05, 3.63) is 58.4 Å². The van der Waals surface area contributed by atoms with Crippen molar-refractivity contribution < 1.29 is 9.13 Å². The molecule has 2 atom stereocenters. The van der Waals surface area contributed by atoms with Gasteiger partial charge in [-0.1, -0.05) is 24.3 Å². The van der Waals surface area contributed by atoms with Crippen LogP contribution in [0.3, 0.4) is 0 Å². The van der Waals surface area contributed by atoms with Crippen LogP contribution in [0.5, 0.6) is 6.01 Å². The number of anilines is 1. The number of nitrogens with one attached hydrogen (secondary N) is 1.